The molecule has 0 aliphatic carbocycles. The van der Waals surface area contributed by atoms with Crippen molar-refractivity contribution < 1.29 is 19.5 Å². The number of aromatic amines is 2. The summed E-state index contributed by atoms with van der Waals surface area (Å²) >= 11 is 4.68. The van der Waals surface area contributed by atoms with Crippen LogP contribution >= 0.6 is 12.6 Å². The van der Waals surface area contributed by atoms with E-state index >= 15 is 0 Å². The van der Waals surface area contributed by atoms with Gasteiger partial charge in [0, 0.05) is 77.2 Å². The van der Waals surface area contributed by atoms with Gasteiger partial charge in [-0.15, -0.1) is 0 Å². The predicted octanol–water partition coefficient (Wildman–Crippen LogP) is 4.25. The highest BCUT2D eigenvalue weighted by Gasteiger charge is 2.41. The van der Waals surface area contributed by atoms with E-state index in [1.807, 2.05) is 34.6 Å². The Labute approximate surface area is 242 Å². The molecule has 0 aromatic carbocycles. The number of aromatic nitrogens is 2. The van der Waals surface area contributed by atoms with Gasteiger partial charge < -0.3 is 25.7 Å². The van der Waals surface area contributed by atoms with Crippen LogP contribution in [-0.4, -0.2) is 50.2 Å². The molecule has 40 heavy (non-hydrogen) atoms. The van der Waals surface area contributed by atoms with Crippen LogP contribution in [0.5, 0.6) is 0 Å². The standard InChI is InChI=1S/C31H44N4O4S/c1-8-20-16(4)25(34-31(20)39)11-22-14(2)15(3)23(32-22)12-26-21(9-10-28(36)37)17(5)24(33-26)13-27-29(19(7)40)18(6)30(38)35-27/h18-19,25,27,29,32-33,40H,8-13H2,1-7H3,(H,34,39)(H,35,38)(H,36,37)/t18-,19+,25?,27+,29+/m1/s1. The molecular formula is C31H44N4O4S. The molecule has 4 heterocycles. The molecule has 1 fully saturated rings. The van der Waals surface area contributed by atoms with Crippen LogP contribution < -0.4 is 10.6 Å². The van der Waals surface area contributed by atoms with Crippen LogP contribution in [0.1, 0.15) is 85.6 Å². The Balaban J connectivity index is 1.62. The summed E-state index contributed by atoms with van der Waals surface area (Å²) in [4.78, 5) is 43.6. The molecule has 5 N–H and O–H groups in total. The summed E-state index contributed by atoms with van der Waals surface area (Å²) in [6.45, 7) is 14.3. The van der Waals surface area contributed by atoms with E-state index < -0.39 is 5.97 Å². The van der Waals surface area contributed by atoms with Gasteiger partial charge in [-0.05, 0) is 68.4 Å². The highest BCUT2D eigenvalue weighted by atomic mass is 32.1. The minimum Gasteiger partial charge on any atom is -0.481 e. The van der Waals surface area contributed by atoms with Gasteiger partial charge >= 0.3 is 5.97 Å². The number of hydrogen-bond donors (Lipinski definition) is 6. The van der Waals surface area contributed by atoms with Crippen molar-refractivity contribution in [3.05, 3.63) is 56.2 Å². The zero-order chi connectivity index (χ0) is 29.5. The molecule has 9 heteroatoms. The molecule has 0 saturated carbocycles. The van der Waals surface area contributed by atoms with Crippen molar-refractivity contribution in [2.75, 3.05) is 0 Å². The Morgan fingerprint density at radius 3 is 2.17 bits per heavy atom. The zero-order valence-corrected chi connectivity index (χ0v) is 25.6. The first-order valence-electron chi connectivity index (χ1n) is 14.4. The second kappa shape index (κ2) is 11.9. The van der Waals surface area contributed by atoms with E-state index in [-0.39, 0.29) is 47.4 Å². The van der Waals surface area contributed by atoms with Gasteiger partial charge in [-0.2, -0.15) is 12.6 Å². The minimum atomic E-state index is -0.823. The number of carbonyl (C=O) groups excluding carboxylic acids is 2. The fourth-order valence-electron chi connectivity index (χ4n) is 6.75. The van der Waals surface area contributed by atoms with Crippen molar-refractivity contribution in [2.24, 2.45) is 11.8 Å². The van der Waals surface area contributed by atoms with Crippen LogP contribution in [0.4, 0.5) is 0 Å². The number of thiol groups is 1. The van der Waals surface area contributed by atoms with Gasteiger partial charge in [0.2, 0.25) is 11.8 Å². The number of nitrogens with one attached hydrogen (secondary N) is 4. The van der Waals surface area contributed by atoms with Crippen molar-refractivity contribution in [1.82, 2.24) is 20.6 Å². The van der Waals surface area contributed by atoms with E-state index in [0.717, 1.165) is 51.5 Å². The number of aliphatic carboxylic acids is 1. The van der Waals surface area contributed by atoms with Gasteiger partial charge in [-0.25, -0.2) is 0 Å². The first kappa shape index (κ1) is 30.0. The lowest BCUT2D eigenvalue weighted by molar-refractivity contribution is -0.137. The SMILES string of the molecule is CCC1=C(C)C(Cc2[nH]c(Cc3[nH]c(C[C@@H]4NC(=O)[C@H](C)[C@H]4[C@H](C)S)c(C)c3CCC(=O)O)c(C)c2C)NC1=O. The maximum absolute atomic E-state index is 12.5. The molecular weight excluding hydrogens is 524 g/mol. The maximum atomic E-state index is 12.5. The zero-order valence-electron chi connectivity index (χ0n) is 24.7. The third-order valence-corrected chi connectivity index (χ3v) is 9.73. The summed E-state index contributed by atoms with van der Waals surface area (Å²) in [7, 11) is 0. The van der Waals surface area contributed by atoms with Gasteiger partial charge in [0.15, 0.2) is 0 Å². The van der Waals surface area contributed by atoms with Crippen LogP contribution in [0.2, 0.25) is 0 Å². The van der Waals surface area contributed by atoms with E-state index in [0.29, 0.717) is 25.7 Å². The molecule has 2 aromatic rings. The van der Waals surface area contributed by atoms with Crippen molar-refractivity contribution in [1.29, 1.82) is 0 Å². The quantitative estimate of drug-likeness (QED) is 0.227. The highest BCUT2D eigenvalue weighted by Crippen LogP contribution is 2.33. The third-order valence-electron chi connectivity index (χ3n) is 9.39. The van der Waals surface area contributed by atoms with E-state index in [1.165, 1.54) is 11.1 Å². The van der Waals surface area contributed by atoms with Crippen molar-refractivity contribution in [3.8, 4) is 0 Å². The first-order valence-corrected chi connectivity index (χ1v) is 14.9. The van der Waals surface area contributed by atoms with Crippen molar-refractivity contribution >= 4 is 30.4 Å². The second-order valence-corrected chi connectivity index (χ2v) is 12.6. The lowest BCUT2D eigenvalue weighted by atomic mass is 9.86. The average molecular weight is 569 g/mol. The third kappa shape index (κ3) is 5.76. The van der Waals surface area contributed by atoms with Crippen LogP contribution in [0.3, 0.4) is 0 Å². The normalized spacial score (nSPS) is 23.6. The monoisotopic (exact) mass is 568 g/mol. The number of amides is 2. The molecule has 8 nitrogen and oxygen atoms in total. The summed E-state index contributed by atoms with van der Waals surface area (Å²) in [6.07, 6.45) is 3.20. The van der Waals surface area contributed by atoms with Gasteiger partial charge in [-0.3, -0.25) is 14.4 Å². The lowest BCUT2D eigenvalue weighted by Gasteiger charge is -2.24. The second-order valence-electron chi connectivity index (χ2n) is 11.8. The van der Waals surface area contributed by atoms with Gasteiger partial charge in [-0.1, -0.05) is 20.8 Å². The average Bonchev–Trinajstić information content (AvgIpc) is 3.52. The van der Waals surface area contributed by atoms with E-state index in [4.69, 9.17) is 0 Å². The number of H-pyrrole nitrogens is 2. The predicted molar refractivity (Wildman–Crippen MR) is 160 cm³/mol. The molecule has 4 rings (SSSR count). The Kier molecular flexibility index (Phi) is 8.93. The number of hydrogen-bond acceptors (Lipinski definition) is 4. The highest BCUT2D eigenvalue weighted by molar-refractivity contribution is 7.80. The number of rotatable bonds is 11. The largest absolute Gasteiger partial charge is 0.481 e. The maximum Gasteiger partial charge on any atom is 0.303 e. The molecule has 218 valence electrons. The Morgan fingerprint density at radius 1 is 0.950 bits per heavy atom. The van der Waals surface area contributed by atoms with Gasteiger partial charge in [0.05, 0.1) is 6.04 Å². The summed E-state index contributed by atoms with van der Waals surface area (Å²) in [5.41, 5.74) is 10.7. The molecule has 0 radical (unpaired) electrons. The molecule has 0 bridgehead atoms. The Hall–Kier alpha value is -2.94. The fraction of sp³-hybridized carbons (Fsp3) is 0.581. The minimum absolute atomic E-state index is 0.0105. The van der Waals surface area contributed by atoms with Crippen molar-refractivity contribution in [3.63, 3.8) is 0 Å². The van der Waals surface area contributed by atoms with E-state index in [2.05, 4.69) is 47.1 Å². The molecule has 0 spiro atoms. The van der Waals surface area contributed by atoms with E-state index in [1.54, 1.807) is 0 Å². The number of carboxylic acids is 1. The van der Waals surface area contributed by atoms with Gasteiger partial charge in [0.25, 0.3) is 0 Å². The molecule has 1 saturated heterocycles. The topological polar surface area (TPSA) is 127 Å². The van der Waals surface area contributed by atoms with Crippen LogP contribution in [-0.2, 0) is 40.1 Å². The molecule has 2 aliphatic heterocycles. The molecule has 1 unspecified atom stereocenters. The number of carbonyl (C=O) groups is 3. The van der Waals surface area contributed by atoms with Crippen LogP contribution in [0.15, 0.2) is 11.1 Å². The first-order chi connectivity index (χ1) is 18.8. The Bertz CT molecular complexity index is 1350. The molecule has 2 aliphatic rings. The molecule has 5 atom stereocenters. The van der Waals surface area contributed by atoms with Crippen LogP contribution in [0.25, 0.3) is 0 Å². The summed E-state index contributed by atoms with van der Waals surface area (Å²) < 4.78 is 0. The molecule has 2 aromatic heterocycles. The fourth-order valence-corrected chi connectivity index (χ4v) is 7.22. The summed E-state index contributed by atoms with van der Waals surface area (Å²) in [6, 6.07) is -0.0387. The van der Waals surface area contributed by atoms with Crippen molar-refractivity contribution in [2.45, 2.75) is 104 Å². The number of carboxylic acid groups (broad SMARTS) is 1. The Morgan fingerprint density at radius 2 is 1.57 bits per heavy atom. The van der Waals surface area contributed by atoms with Crippen LogP contribution in [0, 0.1) is 32.6 Å². The smallest absolute Gasteiger partial charge is 0.303 e. The summed E-state index contributed by atoms with van der Waals surface area (Å²) in [5, 5.41) is 15.8. The van der Waals surface area contributed by atoms with E-state index in [9.17, 15) is 19.5 Å². The van der Waals surface area contributed by atoms with Gasteiger partial charge in [0.1, 0.15) is 0 Å². The lowest BCUT2D eigenvalue weighted by Crippen LogP contribution is -2.34. The summed E-state index contributed by atoms with van der Waals surface area (Å²) in [5.74, 6) is -0.714. The molecule has 2 amide bonds.